The van der Waals surface area contributed by atoms with Crippen molar-refractivity contribution >= 4 is 28.8 Å². The molecular formula is C11H10ClF3N4S. The highest BCUT2D eigenvalue weighted by atomic mass is 35.5. The number of aromatic nitrogens is 3. The second kappa shape index (κ2) is 5.53. The zero-order valence-corrected chi connectivity index (χ0v) is 12.1. The summed E-state index contributed by atoms with van der Waals surface area (Å²) in [6.07, 6.45) is -4.64. The number of hydrogen-bond donors (Lipinski definition) is 1. The molecule has 0 amide bonds. The zero-order chi connectivity index (χ0) is 14.9. The van der Waals surface area contributed by atoms with Crippen LogP contribution in [0.5, 0.6) is 0 Å². The molecule has 108 valence electrons. The van der Waals surface area contributed by atoms with E-state index in [0.29, 0.717) is 0 Å². The van der Waals surface area contributed by atoms with E-state index in [-0.39, 0.29) is 17.0 Å². The highest BCUT2D eigenvalue weighted by molar-refractivity contribution is 7.09. The van der Waals surface area contributed by atoms with Gasteiger partial charge in [0, 0.05) is 17.1 Å². The maximum atomic E-state index is 12.6. The number of nitrogens with one attached hydrogen (secondary N) is 1. The van der Waals surface area contributed by atoms with Crippen LogP contribution >= 0.6 is 22.9 Å². The van der Waals surface area contributed by atoms with Gasteiger partial charge in [-0.2, -0.15) is 13.2 Å². The minimum Gasteiger partial charge on any atom is -0.361 e. The molecule has 2 heterocycles. The summed E-state index contributed by atoms with van der Waals surface area (Å²) in [5, 5.41) is 5.19. The first-order chi connectivity index (χ1) is 9.25. The van der Waals surface area contributed by atoms with Gasteiger partial charge in [0.05, 0.1) is 6.04 Å². The molecule has 0 aromatic carbocycles. The van der Waals surface area contributed by atoms with Gasteiger partial charge in [0.25, 0.3) is 0 Å². The molecule has 4 nitrogen and oxygen atoms in total. The predicted octanol–water partition coefficient (Wildman–Crippen LogP) is 4.09. The number of anilines is 1. The summed E-state index contributed by atoms with van der Waals surface area (Å²) in [5.41, 5.74) is 0.857. The molecule has 0 saturated heterocycles. The lowest BCUT2D eigenvalue weighted by atomic mass is 10.3. The number of rotatable bonds is 3. The Morgan fingerprint density at radius 1 is 1.30 bits per heavy atom. The lowest BCUT2D eigenvalue weighted by Gasteiger charge is -2.13. The van der Waals surface area contributed by atoms with Crippen LogP contribution in [0, 0.1) is 6.92 Å². The van der Waals surface area contributed by atoms with E-state index in [9.17, 15) is 13.2 Å². The first kappa shape index (κ1) is 15.0. The lowest BCUT2D eigenvalue weighted by molar-refractivity contribution is -0.144. The van der Waals surface area contributed by atoms with Crippen LogP contribution in [-0.4, -0.2) is 15.0 Å². The molecule has 0 spiro atoms. The molecule has 2 aromatic rings. The Balaban J connectivity index is 2.23. The molecule has 0 fully saturated rings. The Morgan fingerprint density at radius 3 is 2.55 bits per heavy atom. The van der Waals surface area contributed by atoms with E-state index in [2.05, 4.69) is 20.3 Å². The second-order valence-electron chi connectivity index (χ2n) is 4.09. The van der Waals surface area contributed by atoms with E-state index in [1.54, 1.807) is 6.92 Å². The molecule has 1 N–H and O–H groups in total. The molecule has 0 aliphatic rings. The van der Waals surface area contributed by atoms with E-state index < -0.39 is 12.0 Å². The van der Waals surface area contributed by atoms with Crippen LogP contribution in [0.3, 0.4) is 0 Å². The maximum absolute atomic E-state index is 12.6. The van der Waals surface area contributed by atoms with Crippen molar-refractivity contribution in [3.05, 3.63) is 33.1 Å². The number of thiazole rings is 1. The fourth-order valence-corrected chi connectivity index (χ4v) is 2.46. The van der Waals surface area contributed by atoms with E-state index in [0.717, 1.165) is 10.7 Å². The highest BCUT2D eigenvalue weighted by Crippen LogP contribution is 2.29. The molecule has 2 aromatic heterocycles. The molecule has 9 heteroatoms. The molecule has 0 saturated carbocycles. The molecular weight excluding hydrogens is 313 g/mol. The van der Waals surface area contributed by atoms with Gasteiger partial charge in [-0.1, -0.05) is 11.6 Å². The molecule has 0 aliphatic heterocycles. The summed E-state index contributed by atoms with van der Waals surface area (Å²) in [4.78, 5) is 10.8. The van der Waals surface area contributed by atoms with Crippen LogP contribution in [0.4, 0.5) is 19.0 Å². The van der Waals surface area contributed by atoms with Gasteiger partial charge in [-0.3, -0.25) is 0 Å². The zero-order valence-electron chi connectivity index (χ0n) is 10.5. The number of aryl methyl sites for hydroxylation is 1. The summed E-state index contributed by atoms with van der Waals surface area (Å²) >= 11 is 7.00. The first-order valence-electron chi connectivity index (χ1n) is 5.56. The Labute approximate surface area is 122 Å². The van der Waals surface area contributed by atoms with E-state index in [4.69, 9.17) is 11.6 Å². The fourth-order valence-electron chi connectivity index (χ4n) is 1.47. The largest absolute Gasteiger partial charge is 0.451 e. The van der Waals surface area contributed by atoms with Crippen LogP contribution < -0.4 is 5.32 Å². The minimum atomic E-state index is -4.64. The van der Waals surface area contributed by atoms with Gasteiger partial charge in [-0.15, -0.1) is 11.3 Å². The summed E-state index contributed by atoms with van der Waals surface area (Å²) in [6, 6.07) is 0.967. The Bertz CT molecular complexity index is 614. The molecule has 1 unspecified atom stereocenters. The minimum absolute atomic E-state index is 0.0117. The highest BCUT2D eigenvalue weighted by Gasteiger charge is 2.35. The van der Waals surface area contributed by atoms with E-state index >= 15 is 0 Å². The SMILES string of the molecule is Cc1csc(C(C)Nc2cc(Cl)nc(C(F)(F)F)n2)n1. The van der Waals surface area contributed by atoms with Gasteiger partial charge in [0.2, 0.25) is 5.82 Å². The summed E-state index contributed by atoms with van der Waals surface area (Å²) in [7, 11) is 0. The number of halogens is 4. The fraction of sp³-hybridized carbons (Fsp3) is 0.364. The van der Waals surface area contributed by atoms with Crippen LogP contribution in [-0.2, 0) is 6.18 Å². The van der Waals surface area contributed by atoms with Crippen LogP contribution in [0.2, 0.25) is 5.15 Å². The third kappa shape index (κ3) is 3.57. The van der Waals surface area contributed by atoms with Crippen molar-refractivity contribution < 1.29 is 13.2 Å². The standard InChI is InChI=1S/C11H10ClF3N4S/c1-5-4-20-9(16-5)6(2)17-8-3-7(12)18-10(19-8)11(13,14)15/h3-4,6H,1-2H3,(H,17,18,19). The quantitative estimate of drug-likeness (QED) is 0.865. The normalized spacial score (nSPS) is 13.3. The Morgan fingerprint density at radius 2 is 2.00 bits per heavy atom. The topological polar surface area (TPSA) is 50.7 Å². The first-order valence-corrected chi connectivity index (χ1v) is 6.82. The molecule has 0 bridgehead atoms. The number of hydrogen-bond acceptors (Lipinski definition) is 5. The lowest BCUT2D eigenvalue weighted by Crippen LogP contribution is -2.14. The average Bonchev–Trinajstić information content (AvgIpc) is 2.74. The number of nitrogens with zero attached hydrogens (tertiary/aromatic N) is 3. The van der Waals surface area contributed by atoms with Gasteiger partial charge < -0.3 is 5.32 Å². The van der Waals surface area contributed by atoms with Crippen molar-refractivity contribution in [3.63, 3.8) is 0 Å². The van der Waals surface area contributed by atoms with Crippen molar-refractivity contribution in [2.45, 2.75) is 26.1 Å². The van der Waals surface area contributed by atoms with Crippen LogP contribution in [0.15, 0.2) is 11.4 Å². The van der Waals surface area contributed by atoms with Crippen molar-refractivity contribution in [2.24, 2.45) is 0 Å². The van der Waals surface area contributed by atoms with Crippen molar-refractivity contribution in [1.82, 2.24) is 15.0 Å². The smallest absolute Gasteiger partial charge is 0.361 e. The van der Waals surface area contributed by atoms with Crippen LogP contribution in [0.25, 0.3) is 0 Å². The molecule has 20 heavy (non-hydrogen) atoms. The third-order valence-electron chi connectivity index (χ3n) is 2.32. The molecule has 0 aliphatic carbocycles. The summed E-state index contributed by atoms with van der Waals surface area (Å²) < 4.78 is 37.8. The molecule has 0 radical (unpaired) electrons. The number of alkyl halides is 3. The van der Waals surface area contributed by atoms with E-state index in [1.807, 2.05) is 12.3 Å². The molecule has 2 rings (SSSR count). The third-order valence-corrected chi connectivity index (χ3v) is 3.66. The predicted molar refractivity (Wildman–Crippen MR) is 70.9 cm³/mol. The van der Waals surface area contributed by atoms with Gasteiger partial charge in [0.15, 0.2) is 0 Å². The summed E-state index contributed by atoms with van der Waals surface area (Å²) in [6.45, 7) is 3.62. The van der Waals surface area contributed by atoms with Gasteiger partial charge in [-0.25, -0.2) is 15.0 Å². The Kier molecular flexibility index (Phi) is 4.14. The van der Waals surface area contributed by atoms with Crippen molar-refractivity contribution in [1.29, 1.82) is 0 Å². The Hall–Kier alpha value is -1.41. The monoisotopic (exact) mass is 322 g/mol. The molecule has 1 atom stereocenters. The van der Waals surface area contributed by atoms with Crippen LogP contribution in [0.1, 0.15) is 29.5 Å². The van der Waals surface area contributed by atoms with E-state index in [1.165, 1.54) is 17.4 Å². The average molecular weight is 323 g/mol. The second-order valence-corrected chi connectivity index (χ2v) is 5.37. The van der Waals surface area contributed by atoms with Gasteiger partial charge in [0.1, 0.15) is 16.0 Å². The summed E-state index contributed by atoms with van der Waals surface area (Å²) in [5.74, 6) is -1.26. The van der Waals surface area contributed by atoms with Gasteiger partial charge >= 0.3 is 6.18 Å². The maximum Gasteiger partial charge on any atom is 0.451 e. The van der Waals surface area contributed by atoms with Crippen molar-refractivity contribution in [2.75, 3.05) is 5.32 Å². The van der Waals surface area contributed by atoms with Gasteiger partial charge in [-0.05, 0) is 13.8 Å². The van der Waals surface area contributed by atoms with Crippen molar-refractivity contribution in [3.8, 4) is 0 Å².